The van der Waals surface area contributed by atoms with Crippen molar-refractivity contribution < 1.29 is 15.0 Å². The number of carboxylic acid groups (broad SMARTS) is 1. The van der Waals surface area contributed by atoms with Gasteiger partial charge in [-0.3, -0.25) is 0 Å². The average Bonchev–Trinajstić information content (AvgIpc) is 2.49. The summed E-state index contributed by atoms with van der Waals surface area (Å²) in [6, 6.07) is 1.61. The first-order chi connectivity index (χ1) is 6.65. The molecule has 0 bridgehead atoms. The van der Waals surface area contributed by atoms with Gasteiger partial charge < -0.3 is 10.2 Å². The molecule has 0 amide bonds. The van der Waals surface area contributed by atoms with E-state index in [2.05, 4.69) is 11.8 Å². The van der Waals surface area contributed by atoms with Gasteiger partial charge in [0, 0.05) is 6.42 Å². The van der Waals surface area contributed by atoms with E-state index < -0.39 is 5.97 Å². The molecule has 0 radical (unpaired) electrons. The minimum atomic E-state index is -0.923. The molecule has 1 rings (SSSR count). The van der Waals surface area contributed by atoms with E-state index in [4.69, 9.17) is 10.2 Å². The van der Waals surface area contributed by atoms with Crippen molar-refractivity contribution >= 4 is 17.3 Å². The lowest BCUT2D eigenvalue weighted by atomic mass is 10.2. The van der Waals surface area contributed by atoms with Crippen molar-refractivity contribution in [3.63, 3.8) is 0 Å². The van der Waals surface area contributed by atoms with Crippen molar-refractivity contribution in [3.05, 3.63) is 21.4 Å². The van der Waals surface area contributed by atoms with Gasteiger partial charge in [-0.2, -0.15) is 0 Å². The molecule has 1 aromatic heterocycles. The van der Waals surface area contributed by atoms with Gasteiger partial charge in [0.05, 0.1) is 11.5 Å². The van der Waals surface area contributed by atoms with Crippen LogP contribution >= 0.6 is 11.3 Å². The standard InChI is InChI=1S/C10H10O3S/c1-7-6-9(10(12)13)14-8(7)4-2-3-5-11/h6,11H,3,5H2,1H3,(H,12,13). The van der Waals surface area contributed by atoms with E-state index in [9.17, 15) is 4.79 Å². The van der Waals surface area contributed by atoms with Crippen LogP contribution in [0.5, 0.6) is 0 Å². The van der Waals surface area contributed by atoms with Crippen molar-refractivity contribution in [2.45, 2.75) is 13.3 Å². The van der Waals surface area contributed by atoms with Gasteiger partial charge in [-0.1, -0.05) is 11.8 Å². The number of aryl methyl sites for hydroxylation is 1. The van der Waals surface area contributed by atoms with Gasteiger partial charge in [-0.25, -0.2) is 4.79 Å². The molecule has 0 saturated heterocycles. The van der Waals surface area contributed by atoms with Crippen LogP contribution in [0.2, 0.25) is 0 Å². The Labute approximate surface area is 86.0 Å². The Morgan fingerprint density at radius 1 is 1.64 bits per heavy atom. The molecule has 0 aliphatic rings. The zero-order valence-corrected chi connectivity index (χ0v) is 8.52. The second-order valence-corrected chi connectivity index (χ2v) is 3.76. The highest BCUT2D eigenvalue weighted by Gasteiger charge is 2.08. The van der Waals surface area contributed by atoms with Gasteiger partial charge in [0.25, 0.3) is 0 Å². The fraction of sp³-hybridized carbons (Fsp3) is 0.300. The molecule has 0 saturated carbocycles. The zero-order valence-electron chi connectivity index (χ0n) is 7.70. The first-order valence-corrected chi connectivity index (χ1v) is 4.90. The molecule has 74 valence electrons. The molecule has 4 heteroatoms. The summed E-state index contributed by atoms with van der Waals surface area (Å²) in [7, 11) is 0. The summed E-state index contributed by atoms with van der Waals surface area (Å²) in [5, 5.41) is 17.2. The van der Waals surface area contributed by atoms with E-state index in [1.165, 1.54) is 0 Å². The molecule has 2 N–H and O–H groups in total. The van der Waals surface area contributed by atoms with Crippen LogP contribution in [-0.2, 0) is 0 Å². The maximum absolute atomic E-state index is 10.6. The average molecular weight is 210 g/mol. The third-order valence-corrected chi connectivity index (χ3v) is 2.71. The molecular formula is C10H10O3S. The summed E-state index contributed by atoms with van der Waals surface area (Å²) in [4.78, 5) is 11.7. The number of hydrogen-bond donors (Lipinski definition) is 2. The molecule has 0 spiro atoms. The van der Waals surface area contributed by atoms with Gasteiger partial charge in [0.15, 0.2) is 0 Å². The number of aliphatic hydroxyl groups is 1. The Balaban J connectivity index is 2.89. The SMILES string of the molecule is Cc1cc(C(=O)O)sc1C#CCCO. The van der Waals surface area contributed by atoms with E-state index in [1.54, 1.807) is 6.07 Å². The molecule has 0 unspecified atom stereocenters. The Hall–Kier alpha value is -1.31. The zero-order chi connectivity index (χ0) is 10.6. The maximum atomic E-state index is 10.6. The molecule has 14 heavy (non-hydrogen) atoms. The van der Waals surface area contributed by atoms with Crippen molar-refractivity contribution in [1.82, 2.24) is 0 Å². The fourth-order valence-corrected chi connectivity index (χ4v) is 1.80. The summed E-state index contributed by atoms with van der Waals surface area (Å²) >= 11 is 1.16. The number of aliphatic hydroxyl groups excluding tert-OH is 1. The van der Waals surface area contributed by atoms with Crippen molar-refractivity contribution in [2.24, 2.45) is 0 Å². The van der Waals surface area contributed by atoms with E-state index in [0.29, 0.717) is 11.3 Å². The van der Waals surface area contributed by atoms with Gasteiger partial charge in [-0.15, -0.1) is 11.3 Å². The van der Waals surface area contributed by atoms with Crippen LogP contribution in [0.15, 0.2) is 6.07 Å². The van der Waals surface area contributed by atoms with Gasteiger partial charge >= 0.3 is 5.97 Å². The topological polar surface area (TPSA) is 57.5 Å². The Morgan fingerprint density at radius 3 is 2.86 bits per heavy atom. The second-order valence-electron chi connectivity index (χ2n) is 2.70. The molecule has 3 nitrogen and oxygen atoms in total. The molecule has 0 aliphatic carbocycles. The lowest BCUT2D eigenvalue weighted by Gasteiger charge is -1.83. The third-order valence-electron chi connectivity index (χ3n) is 1.57. The van der Waals surface area contributed by atoms with E-state index >= 15 is 0 Å². The molecule has 1 heterocycles. The molecule has 0 aromatic carbocycles. The summed E-state index contributed by atoms with van der Waals surface area (Å²) < 4.78 is 0. The quantitative estimate of drug-likeness (QED) is 0.727. The molecular weight excluding hydrogens is 200 g/mol. The van der Waals surface area contributed by atoms with Crippen LogP contribution in [0.4, 0.5) is 0 Å². The van der Waals surface area contributed by atoms with Crippen LogP contribution in [-0.4, -0.2) is 22.8 Å². The number of hydrogen-bond acceptors (Lipinski definition) is 3. The lowest BCUT2D eigenvalue weighted by molar-refractivity contribution is 0.0702. The predicted molar refractivity (Wildman–Crippen MR) is 54.6 cm³/mol. The van der Waals surface area contributed by atoms with Crippen molar-refractivity contribution in [1.29, 1.82) is 0 Å². The summed E-state index contributed by atoms with van der Waals surface area (Å²) in [6.45, 7) is 1.86. The van der Waals surface area contributed by atoms with Crippen molar-refractivity contribution in [3.8, 4) is 11.8 Å². The molecule has 1 aromatic rings. The maximum Gasteiger partial charge on any atom is 0.345 e. The number of carbonyl (C=O) groups is 1. The van der Waals surface area contributed by atoms with E-state index in [1.807, 2.05) is 6.92 Å². The van der Waals surface area contributed by atoms with E-state index in [-0.39, 0.29) is 6.61 Å². The highest BCUT2D eigenvalue weighted by Crippen LogP contribution is 2.20. The Bertz CT molecular complexity index is 395. The Kier molecular flexibility index (Phi) is 3.69. The molecule has 0 aliphatic heterocycles. The smallest absolute Gasteiger partial charge is 0.345 e. The van der Waals surface area contributed by atoms with Crippen molar-refractivity contribution in [2.75, 3.05) is 6.61 Å². The normalized spacial score (nSPS) is 9.29. The minimum absolute atomic E-state index is 0.0310. The Morgan fingerprint density at radius 2 is 2.36 bits per heavy atom. The molecule has 0 fully saturated rings. The van der Waals surface area contributed by atoms with Crippen LogP contribution in [0, 0.1) is 18.8 Å². The number of thiophene rings is 1. The predicted octanol–water partition coefficient (Wildman–Crippen LogP) is 1.49. The van der Waals surface area contributed by atoms with Crippen LogP contribution in [0.25, 0.3) is 0 Å². The fourth-order valence-electron chi connectivity index (χ4n) is 0.910. The van der Waals surface area contributed by atoms with Crippen LogP contribution in [0.1, 0.15) is 26.5 Å². The second kappa shape index (κ2) is 4.80. The lowest BCUT2D eigenvalue weighted by Crippen LogP contribution is -1.89. The molecule has 0 atom stereocenters. The first-order valence-electron chi connectivity index (χ1n) is 4.08. The van der Waals surface area contributed by atoms with Gasteiger partial charge in [0.1, 0.15) is 4.88 Å². The number of rotatable bonds is 2. The van der Waals surface area contributed by atoms with E-state index in [0.717, 1.165) is 21.8 Å². The highest BCUT2D eigenvalue weighted by atomic mass is 32.1. The van der Waals surface area contributed by atoms with Crippen LogP contribution < -0.4 is 0 Å². The summed E-state index contributed by atoms with van der Waals surface area (Å²) in [6.07, 6.45) is 0.416. The third kappa shape index (κ3) is 2.59. The first kappa shape index (κ1) is 10.8. The van der Waals surface area contributed by atoms with Gasteiger partial charge in [0.2, 0.25) is 0 Å². The van der Waals surface area contributed by atoms with Gasteiger partial charge in [-0.05, 0) is 18.6 Å². The monoisotopic (exact) mass is 210 g/mol. The number of aromatic carboxylic acids is 1. The summed E-state index contributed by atoms with van der Waals surface area (Å²) in [5.74, 6) is 4.67. The largest absolute Gasteiger partial charge is 0.477 e. The van der Waals surface area contributed by atoms with Crippen LogP contribution in [0.3, 0.4) is 0 Å². The highest BCUT2D eigenvalue weighted by molar-refractivity contribution is 7.14. The minimum Gasteiger partial charge on any atom is -0.477 e. The summed E-state index contributed by atoms with van der Waals surface area (Å²) in [5.41, 5.74) is 0.873. The number of carboxylic acids is 1.